The normalized spacial score (nSPS) is 15.5. The molecule has 0 aromatic heterocycles. The van der Waals surface area contributed by atoms with Crippen LogP contribution in [0.25, 0.3) is 0 Å². The summed E-state index contributed by atoms with van der Waals surface area (Å²) in [4.78, 5) is 14.0. The lowest BCUT2D eigenvalue weighted by Crippen LogP contribution is -2.42. The second-order valence-corrected chi connectivity index (χ2v) is 5.77. The largest absolute Gasteiger partial charge is 0.486 e. The molecule has 2 aromatic carbocycles. The maximum Gasteiger partial charge on any atom is 0.319 e. The fourth-order valence-electron chi connectivity index (χ4n) is 2.39. The van der Waals surface area contributed by atoms with E-state index in [-0.39, 0.29) is 12.1 Å². The standard InChI is InChI=1S/C18H21N3O3/c1-21(2)14-9-7-13(8-10-14)20-18(22)19-11-15-12-23-16-5-3-4-6-17(16)24-15/h3-10,15H,11-12H2,1-2H3,(H2,19,20,22). The van der Waals surface area contributed by atoms with Gasteiger partial charge in [0.25, 0.3) is 0 Å². The van der Waals surface area contributed by atoms with Gasteiger partial charge in [-0.05, 0) is 36.4 Å². The number of nitrogens with one attached hydrogen (secondary N) is 2. The molecule has 6 heteroatoms. The zero-order valence-corrected chi connectivity index (χ0v) is 13.8. The van der Waals surface area contributed by atoms with Crippen LogP contribution in [-0.4, -0.2) is 39.4 Å². The van der Waals surface area contributed by atoms with Crippen molar-refractivity contribution < 1.29 is 14.3 Å². The Balaban J connectivity index is 1.48. The number of anilines is 2. The highest BCUT2D eigenvalue weighted by Crippen LogP contribution is 2.30. The van der Waals surface area contributed by atoms with Gasteiger partial charge in [0.2, 0.25) is 0 Å². The predicted octanol–water partition coefficient (Wildman–Crippen LogP) is 2.71. The fraction of sp³-hybridized carbons (Fsp3) is 0.278. The van der Waals surface area contributed by atoms with Gasteiger partial charge in [0, 0.05) is 25.5 Å². The van der Waals surface area contributed by atoms with Crippen LogP contribution in [0, 0.1) is 0 Å². The second-order valence-electron chi connectivity index (χ2n) is 5.77. The van der Waals surface area contributed by atoms with Crippen molar-refractivity contribution in [2.75, 3.05) is 37.5 Å². The number of hydrogen-bond donors (Lipinski definition) is 2. The van der Waals surface area contributed by atoms with Gasteiger partial charge in [-0.2, -0.15) is 0 Å². The Kier molecular flexibility index (Phi) is 4.74. The highest BCUT2D eigenvalue weighted by molar-refractivity contribution is 5.89. The number of carbonyl (C=O) groups is 1. The van der Waals surface area contributed by atoms with E-state index in [0.29, 0.717) is 18.9 Å². The minimum absolute atomic E-state index is 0.207. The van der Waals surface area contributed by atoms with Gasteiger partial charge in [0.15, 0.2) is 17.6 Å². The molecule has 0 bridgehead atoms. The van der Waals surface area contributed by atoms with Crippen molar-refractivity contribution in [1.29, 1.82) is 0 Å². The van der Waals surface area contributed by atoms with E-state index in [2.05, 4.69) is 10.6 Å². The highest BCUT2D eigenvalue weighted by atomic mass is 16.6. The Morgan fingerprint density at radius 1 is 1.12 bits per heavy atom. The fourth-order valence-corrected chi connectivity index (χ4v) is 2.39. The smallest absolute Gasteiger partial charge is 0.319 e. The van der Waals surface area contributed by atoms with E-state index in [0.717, 1.165) is 17.1 Å². The number of carbonyl (C=O) groups excluding carboxylic acids is 1. The van der Waals surface area contributed by atoms with Crippen LogP contribution in [0.4, 0.5) is 16.2 Å². The molecule has 24 heavy (non-hydrogen) atoms. The first-order chi connectivity index (χ1) is 11.6. The van der Waals surface area contributed by atoms with Crippen LogP contribution >= 0.6 is 0 Å². The van der Waals surface area contributed by atoms with Gasteiger partial charge in [-0.3, -0.25) is 0 Å². The molecule has 2 aromatic rings. The molecule has 0 aliphatic carbocycles. The monoisotopic (exact) mass is 327 g/mol. The van der Waals surface area contributed by atoms with Gasteiger partial charge in [0.1, 0.15) is 6.61 Å². The summed E-state index contributed by atoms with van der Waals surface area (Å²) in [5.74, 6) is 1.44. The number of hydrogen-bond acceptors (Lipinski definition) is 4. The molecule has 0 spiro atoms. The third-order valence-corrected chi connectivity index (χ3v) is 3.70. The molecule has 1 aliphatic rings. The van der Waals surface area contributed by atoms with E-state index < -0.39 is 0 Å². The maximum atomic E-state index is 12.0. The lowest BCUT2D eigenvalue weighted by atomic mass is 10.2. The van der Waals surface area contributed by atoms with Crippen LogP contribution in [0.5, 0.6) is 11.5 Å². The van der Waals surface area contributed by atoms with Gasteiger partial charge in [-0.1, -0.05) is 12.1 Å². The summed E-state index contributed by atoms with van der Waals surface area (Å²) in [5.41, 5.74) is 1.82. The number of benzene rings is 2. The number of ether oxygens (including phenoxy) is 2. The number of nitrogens with zero attached hydrogens (tertiary/aromatic N) is 1. The van der Waals surface area contributed by atoms with Crippen LogP contribution in [-0.2, 0) is 0 Å². The summed E-state index contributed by atoms with van der Waals surface area (Å²) in [6.07, 6.45) is -0.207. The van der Waals surface area contributed by atoms with Gasteiger partial charge in [-0.15, -0.1) is 0 Å². The van der Waals surface area contributed by atoms with Gasteiger partial charge >= 0.3 is 6.03 Å². The molecule has 0 saturated carbocycles. The molecule has 0 saturated heterocycles. The summed E-state index contributed by atoms with van der Waals surface area (Å²) in [6, 6.07) is 14.9. The Morgan fingerprint density at radius 2 is 1.83 bits per heavy atom. The maximum absolute atomic E-state index is 12.0. The Morgan fingerprint density at radius 3 is 2.54 bits per heavy atom. The van der Waals surface area contributed by atoms with Crippen LogP contribution in [0.1, 0.15) is 0 Å². The van der Waals surface area contributed by atoms with Crippen LogP contribution < -0.4 is 25.0 Å². The average Bonchev–Trinajstić information content (AvgIpc) is 2.60. The molecule has 126 valence electrons. The summed E-state index contributed by atoms with van der Waals surface area (Å²) < 4.78 is 11.4. The molecule has 0 radical (unpaired) electrons. The zero-order valence-electron chi connectivity index (χ0n) is 13.8. The molecule has 1 atom stereocenters. The number of para-hydroxylation sites is 2. The number of fused-ring (bicyclic) bond motifs is 1. The van der Waals surface area contributed by atoms with Crippen molar-refractivity contribution in [3.05, 3.63) is 48.5 Å². The SMILES string of the molecule is CN(C)c1ccc(NC(=O)NCC2COc3ccccc3O2)cc1. The summed E-state index contributed by atoms with van der Waals surface area (Å²) in [7, 11) is 3.94. The van der Waals surface area contributed by atoms with Gasteiger partial charge < -0.3 is 25.0 Å². The Labute approximate surface area is 141 Å². The van der Waals surface area contributed by atoms with Crippen molar-refractivity contribution in [1.82, 2.24) is 5.32 Å². The molecular formula is C18H21N3O3. The minimum Gasteiger partial charge on any atom is -0.486 e. The lowest BCUT2D eigenvalue weighted by molar-refractivity contribution is 0.0922. The third-order valence-electron chi connectivity index (χ3n) is 3.70. The number of urea groups is 1. The number of rotatable bonds is 4. The van der Waals surface area contributed by atoms with Crippen molar-refractivity contribution in [3.8, 4) is 11.5 Å². The van der Waals surface area contributed by atoms with Crippen molar-refractivity contribution in [3.63, 3.8) is 0 Å². The highest BCUT2D eigenvalue weighted by Gasteiger charge is 2.20. The van der Waals surface area contributed by atoms with Gasteiger partial charge in [0.05, 0.1) is 6.54 Å². The van der Waals surface area contributed by atoms with Crippen LogP contribution in [0.2, 0.25) is 0 Å². The molecule has 2 amide bonds. The van der Waals surface area contributed by atoms with Crippen molar-refractivity contribution in [2.45, 2.75) is 6.10 Å². The van der Waals surface area contributed by atoms with E-state index in [1.165, 1.54) is 0 Å². The topological polar surface area (TPSA) is 62.8 Å². The first kappa shape index (κ1) is 16.0. The molecule has 3 rings (SSSR count). The quantitative estimate of drug-likeness (QED) is 0.906. The molecule has 1 aliphatic heterocycles. The first-order valence-electron chi connectivity index (χ1n) is 7.82. The molecular weight excluding hydrogens is 306 g/mol. The molecule has 2 N–H and O–H groups in total. The zero-order chi connectivity index (χ0) is 16.9. The van der Waals surface area contributed by atoms with E-state index in [1.54, 1.807) is 0 Å². The minimum atomic E-state index is -0.268. The average molecular weight is 327 g/mol. The number of amides is 2. The Bertz CT molecular complexity index is 701. The third kappa shape index (κ3) is 3.90. The Hall–Kier alpha value is -2.89. The van der Waals surface area contributed by atoms with Crippen LogP contribution in [0.15, 0.2) is 48.5 Å². The van der Waals surface area contributed by atoms with Crippen molar-refractivity contribution >= 4 is 17.4 Å². The lowest BCUT2D eigenvalue weighted by Gasteiger charge is -2.26. The van der Waals surface area contributed by atoms with E-state index in [4.69, 9.17) is 9.47 Å². The second kappa shape index (κ2) is 7.12. The summed E-state index contributed by atoms with van der Waals surface area (Å²) >= 11 is 0. The molecule has 6 nitrogen and oxygen atoms in total. The van der Waals surface area contributed by atoms with Crippen molar-refractivity contribution in [2.24, 2.45) is 0 Å². The summed E-state index contributed by atoms with van der Waals surface area (Å²) in [6.45, 7) is 0.783. The summed E-state index contributed by atoms with van der Waals surface area (Å²) in [5, 5.41) is 5.61. The van der Waals surface area contributed by atoms with Crippen LogP contribution in [0.3, 0.4) is 0 Å². The molecule has 1 heterocycles. The van der Waals surface area contributed by atoms with Gasteiger partial charge in [-0.25, -0.2) is 4.79 Å². The van der Waals surface area contributed by atoms with E-state index >= 15 is 0 Å². The van der Waals surface area contributed by atoms with E-state index in [9.17, 15) is 4.79 Å². The van der Waals surface area contributed by atoms with E-state index in [1.807, 2.05) is 67.5 Å². The predicted molar refractivity (Wildman–Crippen MR) is 94.1 cm³/mol. The first-order valence-corrected chi connectivity index (χ1v) is 7.82. The molecule has 1 unspecified atom stereocenters. The molecule has 0 fully saturated rings.